The van der Waals surface area contributed by atoms with E-state index in [1.54, 1.807) is 19.2 Å². The van der Waals surface area contributed by atoms with Crippen molar-refractivity contribution in [3.05, 3.63) is 63.8 Å². The van der Waals surface area contributed by atoms with Crippen molar-refractivity contribution in [1.82, 2.24) is 0 Å². The highest BCUT2D eigenvalue weighted by Gasteiger charge is 2.60. The fourth-order valence-corrected chi connectivity index (χ4v) is 21.4. The minimum absolute atomic E-state index is 0.0372. The first-order chi connectivity index (χ1) is 47.4. The second kappa shape index (κ2) is 35.6. The van der Waals surface area contributed by atoms with E-state index < -0.39 is 125 Å². The van der Waals surface area contributed by atoms with Gasteiger partial charge in [0, 0.05) is 38.7 Å². The van der Waals surface area contributed by atoms with Gasteiger partial charge in [-0.25, -0.2) is 8.42 Å². The molecular weight excluding hydrogens is 1520 g/mol. The smallest absolute Gasteiger partial charge is 0.193 e. The Bertz CT molecular complexity index is 3070. The average Bonchev–Trinajstić information content (AvgIpc) is 0.821. The third-order valence-corrected chi connectivity index (χ3v) is 49.6. The number of aryl methyl sites for hydroxylation is 1. The van der Waals surface area contributed by atoms with E-state index >= 15 is 4.79 Å². The van der Waals surface area contributed by atoms with E-state index in [2.05, 4.69) is 218 Å². The summed E-state index contributed by atoms with van der Waals surface area (Å²) in [6.07, 6.45) is 4.59. The van der Waals surface area contributed by atoms with Crippen molar-refractivity contribution in [2.24, 2.45) is 5.92 Å². The number of halogens is 1. The van der Waals surface area contributed by atoms with Crippen LogP contribution in [0.5, 0.6) is 0 Å². The molecule has 16 nitrogen and oxygen atoms in total. The Morgan fingerprint density at radius 2 is 1.22 bits per heavy atom. The molecule has 0 bridgehead atoms. The van der Waals surface area contributed by atoms with Crippen LogP contribution in [0, 0.1) is 5.92 Å². The molecule has 6 fully saturated rings. The molecule has 1 aromatic rings. The molecule has 6 heterocycles. The quantitative estimate of drug-likeness (QED) is 0.0322. The normalized spacial score (nSPS) is 29.8. The van der Waals surface area contributed by atoms with Crippen LogP contribution in [0.15, 0.2) is 57.6 Å². The molecule has 6 saturated heterocycles. The predicted molar refractivity (Wildman–Crippen MR) is 438 cm³/mol. The van der Waals surface area contributed by atoms with Gasteiger partial charge in [-0.3, -0.25) is 4.79 Å². The number of ketones is 1. The van der Waals surface area contributed by atoms with E-state index in [1.807, 2.05) is 10.1 Å². The molecule has 6 aliphatic heterocycles. The summed E-state index contributed by atoms with van der Waals surface area (Å²) in [5, 5.41) is -0.630. The number of carbonyl (C=O) groups is 1. The molecule has 0 N–H and O–H groups in total. The van der Waals surface area contributed by atoms with Gasteiger partial charge < -0.3 is 60.0 Å². The zero-order valence-corrected chi connectivity index (χ0v) is 77.1. The molecule has 1 aromatic carbocycles. The SMILES string of the molecule is C=C1C[C@H](CCC2OCCCO2)O[C@H]1CC[C@H]1CCC(=C)[C@@H](C[C@@H]2O[C@H](CC(CO[Si](C)(C)C(C)(C)C)O[Si](C)(C)C(C)(C)C)C(OC)[C@H]2CC(=O)C(c2cc([SH](=O)=O)ccc2CC)[C@H]2CC[C@@H]3O[C@H]([C@H](/C=C/I)O[Si](C)(C)C(C)(C)C)C(O[Si](C)(C)C(C)(C)C)C(O[Si](C)(C)C(C)(C)C)C3O2)O1. The number of hydrogen-bond donors (Lipinski definition) is 1. The van der Waals surface area contributed by atoms with Gasteiger partial charge in [0.15, 0.2) is 58.6 Å². The van der Waals surface area contributed by atoms with Crippen LogP contribution < -0.4 is 0 Å². The predicted octanol–water partition coefficient (Wildman–Crippen LogP) is 19.4. The van der Waals surface area contributed by atoms with Crippen LogP contribution in [0.4, 0.5) is 0 Å². The number of Topliss-reactive ketones (excluding diaryl/α,β-unsaturated/α-hetero) is 1. The summed E-state index contributed by atoms with van der Waals surface area (Å²) in [6.45, 7) is 70.0. The summed E-state index contributed by atoms with van der Waals surface area (Å²) in [5.41, 5.74) is 3.66. The Hall–Kier alpha value is -0.646. The fourth-order valence-electron chi connectivity index (χ4n) is 14.4. The molecule has 0 aromatic heterocycles. The lowest BCUT2D eigenvalue weighted by atomic mass is 9.76. The van der Waals surface area contributed by atoms with E-state index in [0.29, 0.717) is 44.3 Å². The minimum atomic E-state index is -3.03. The fraction of sp³-hybridized carbons (Fsp3) is 0.838. The van der Waals surface area contributed by atoms with Crippen LogP contribution in [-0.2, 0) is 81.9 Å². The average molecular weight is 1660 g/mol. The summed E-state index contributed by atoms with van der Waals surface area (Å²) in [4.78, 5) is 17.1. The van der Waals surface area contributed by atoms with Gasteiger partial charge in [-0.15, -0.1) is 0 Å². The van der Waals surface area contributed by atoms with Crippen LogP contribution in [-0.4, -0.2) is 181 Å². The molecule has 7 rings (SSSR count). The molecule has 6 unspecified atom stereocenters. The van der Waals surface area contributed by atoms with Gasteiger partial charge in [0.2, 0.25) is 0 Å². The second-order valence-corrected chi connectivity index (χ2v) is 64.3. The molecule has 592 valence electrons. The van der Waals surface area contributed by atoms with Crippen LogP contribution in [0.1, 0.15) is 211 Å². The lowest BCUT2D eigenvalue weighted by Crippen LogP contribution is -2.69. The van der Waals surface area contributed by atoms with E-state index in [0.717, 1.165) is 81.3 Å². The van der Waals surface area contributed by atoms with Crippen molar-refractivity contribution in [1.29, 1.82) is 0 Å². The maximum atomic E-state index is 16.9. The Kier molecular flexibility index (Phi) is 30.9. The van der Waals surface area contributed by atoms with Crippen molar-refractivity contribution < 1.29 is 73.2 Å². The van der Waals surface area contributed by atoms with Gasteiger partial charge in [-0.05, 0) is 199 Å². The molecule has 23 heteroatoms. The largest absolute Gasteiger partial charge is 0.414 e. The zero-order chi connectivity index (χ0) is 77.2. The van der Waals surface area contributed by atoms with Gasteiger partial charge in [0.1, 0.15) is 30.2 Å². The number of carbonyl (C=O) groups excluding carboxylic acids is 1. The van der Waals surface area contributed by atoms with Gasteiger partial charge in [-0.1, -0.05) is 153 Å². The zero-order valence-electron chi connectivity index (χ0n) is 69.1. The number of thiol groups is 1. The van der Waals surface area contributed by atoms with E-state index in [4.69, 9.17) is 60.0 Å². The summed E-state index contributed by atoms with van der Waals surface area (Å²) >= 11 is 2.31. The van der Waals surface area contributed by atoms with Crippen molar-refractivity contribution in [2.75, 3.05) is 26.9 Å². The molecule has 0 radical (unpaired) electrons. The first kappa shape index (κ1) is 89.6. The third kappa shape index (κ3) is 22.6. The van der Waals surface area contributed by atoms with E-state index in [-0.39, 0.29) is 79.1 Å². The molecule has 0 saturated carbocycles. The minimum Gasteiger partial charge on any atom is -0.414 e. The molecule has 0 amide bonds. The number of methoxy groups -OCH3 is 1. The number of rotatable bonds is 31. The number of ether oxygens (including phenoxy) is 8. The molecule has 6 aliphatic rings. The molecular formula is C80H143IO16SSi5. The van der Waals surface area contributed by atoms with Crippen molar-refractivity contribution in [2.45, 2.75) is 400 Å². The van der Waals surface area contributed by atoms with Gasteiger partial charge in [0.05, 0.1) is 97.8 Å². The molecule has 103 heavy (non-hydrogen) atoms. The van der Waals surface area contributed by atoms with Gasteiger partial charge in [-0.2, -0.15) is 0 Å². The highest BCUT2D eigenvalue weighted by atomic mass is 127. The van der Waals surface area contributed by atoms with E-state index in [1.165, 1.54) is 0 Å². The molecule has 0 spiro atoms. The Morgan fingerprint density at radius 3 is 1.79 bits per heavy atom. The van der Waals surface area contributed by atoms with Crippen LogP contribution in [0.3, 0.4) is 0 Å². The number of hydrogen-bond acceptors (Lipinski definition) is 16. The highest BCUT2D eigenvalue weighted by molar-refractivity contribution is 14.1. The third-order valence-electron chi connectivity index (χ3n) is 26.1. The Morgan fingerprint density at radius 1 is 0.650 bits per heavy atom. The van der Waals surface area contributed by atoms with Crippen molar-refractivity contribution >= 4 is 80.7 Å². The summed E-state index contributed by atoms with van der Waals surface area (Å²) in [5.74, 6) is -1.47. The van der Waals surface area contributed by atoms with Crippen molar-refractivity contribution in [3.8, 4) is 0 Å². The standard InChI is InChI=1S/C80H143IO16SSi5/c1-30-54-33-37-58(98(83)84)48-59(54)70(63-39-40-64-72(92-63)74(96-102(26,27)79(13,14)15)75(97-103(28,29)80(16,17)18)73(93-64)65(42-43-81)95-101(24,25)78(10,11)12)61(82)49-60-67(91-68(71(60)85-19)47-57(94-100(22,23)77(7,8)9)51-88-99(20,21)76(4,5)6)50-66-52(2)32-34-55(89-66)35-38-62-53(3)46-56(90-62)36-41-69-86-44-31-45-87-69/h33,37,42-43,48,55-57,60,62-75,98H,2-3,30-32,34-36,38-41,44-47,49-51H2,1,4-29H3/b43-42+/t55-,56+,57?,60+,62+,63-,64+,65+,66-,67+,68-,70?,71?,72?,73-,74?,75?/m1/s1. The number of benzene rings is 1. The van der Waals surface area contributed by atoms with Gasteiger partial charge >= 0.3 is 0 Å². The summed E-state index contributed by atoms with van der Waals surface area (Å²) in [6, 6.07) is 5.28. The summed E-state index contributed by atoms with van der Waals surface area (Å²) < 4.78 is 122. The summed E-state index contributed by atoms with van der Waals surface area (Å²) in [7, 11) is -13.7. The van der Waals surface area contributed by atoms with Gasteiger partial charge in [0.25, 0.3) is 0 Å². The van der Waals surface area contributed by atoms with Crippen LogP contribution in [0.2, 0.25) is 90.7 Å². The van der Waals surface area contributed by atoms with Crippen molar-refractivity contribution in [3.63, 3.8) is 0 Å². The van der Waals surface area contributed by atoms with E-state index in [9.17, 15) is 8.42 Å². The first-order valence-electron chi connectivity index (χ1n) is 39.2. The Balaban J connectivity index is 1.31. The van der Waals surface area contributed by atoms with Crippen LogP contribution >= 0.6 is 22.6 Å². The first-order valence-corrected chi connectivity index (χ1v) is 56.1. The molecule has 17 atom stereocenters. The Labute approximate surface area is 645 Å². The number of fused-ring (bicyclic) bond motifs is 1. The second-order valence-electron chi connectivity index (χ2n) is 38.7. The monoisotopic (exact) mass is 1660 g/mol. The lowest BCUT2D eigenvalue weighted by molar-refractivity contribution is -0.268. The lowest BCUT2D eigenvalue weighted by Gasteiger charge is -2.56. The van der Waals surface area contributed by atoms with Crippen LogP contribution in [0.25, 0.3) is 0 Å². The maximum absolute atomic E-state index is 16.9. The topological polar surface area (TPSA) is 171 Å². The highest BCUT2D eigenvalue weighted by Crippen LogP contribution is 2.51. The maximum Gasteiger partial charge on any atom is 0.193 e. The molecule has 0 aliphatic carbocycles.